The lowest BCUT2D eigenvalue weighted by Crippen LogP contribution is -2.47. The first-order valence-electron chi connectivity index (χ1n) is 11.4. The van der Waals surface area contributed by atoms with E-state index in [4.69, 9.17) is 30.3 Å². The number of nitrogens with one attached hydrogen (secondary N) is 2. The maximum atomic E-state index is 12.4. The zero-order chi connectivity index (χ0) is 27.4. The molecule has 37 heavy (non-hydrogen) atoms. The number of aliphatic hydroxyl groups excluding tert-OH is 1. The Labute approximate surface area is 218 Å². The van der Waals surface area contributed by atoms with Crippen molar-refractivity contribution in [2.45, 2.75) is 57.0 Å². The van der Waals surface area contributed by atoms with Crippen LogP contribution in [0, 0.1) is 0 Å². The van der Waals surface area contributed by atoms with Crippen LogP contribution in [0.15, 0.2) is 64.8 Å². The van der Waals surface area contributed by atoms with Crippen molar-refractivity contribution in [2.75, 3.05) is 6.61 Å². The predicted octanol–water partition coefficient (Wildman–Crippen LogP) is 0.962. The Hall–Kier alpha value is -2.64. The molecule has 12 nitrogen and oxygen atoms in total. The molecule has 0 amide bonds. The number of hydrogen-bond donors (Lipinski definition) is 4. The minimum Gasteiger partial charge on any atom is -0.462 e. The molecule has 1 aromatic heterocycles. The van der Waals surface area contributed by atoms with E-state index < -0.39 is 60.5 Å². The number of carbonyl (C=O) groups excluding carboxylic acids is 1. The molecule has 0 aliphatic carbocycles. The SMILES string of the molecule is C=C[C@@]1(O)[C@H](O)[C@@H](COP(=S)(N[C@@H](C)C(=O)OC(C)C)Oc2ccccc2)O[C@H]1n1ccc(=O)[nH]c1=O. The van der Waals surface area contributed by atoms with Gasteiger partial charge in [0.15, 0.2) is 11.8 Å². The van der Waals surface area contributed by atoms with Crippen LogP contribution in [0.4, 0.5) is 0 Å². The van der Waals surface area contributed by atoms with E-state index in [1.54, 1.807) is 51.1 Å². The number of aliphatic hydroxyl groups is 2. The second-order valence-corrected chi connectivity index (χ2v) is 11.8. The van der Waals surface area contributed by atoms with Crippen LogP contribution in [-0.2, 0) is 30.6 Å². The van der Waals surface area contributed by atoms with Crippen molar-refractivity contribution in [1.82, 2.24) is 14.6 Å². The van der Waals surface area contributed by atoms with E-state index >= 15 is 0 Å². The van der Waals surface area contributed by atoms with Crippen molar-refractivity contribution in [3.8, 4) is 5.75 Å². The Kier molecular flexibility index (Phi) is 9.24. The van der Waals surface area contributed by atoms with Gasteiger partial charge in [0.05, 0.1) is 12.7 Å². The van der Waals surface area contributed by atoms with Gasteiger partial charge in [-0.15, -0.1) is 0 Å². The average molecular weight is 556 g/mol. The molecule has 1 saturated heterocycles. The van der Waals surface area contributed by atoms with Gasteiger partial charge >= 0.3 is 18.3 Å². The summed E-state index contributed by atoms with van der Waals surface area (Å²) in [6.45, 7) is 4.65. The Bertz CT molecular complexity index is 1270. The van der Waals surface area contributed by atoms with Crippen LogP contribution < -0.4 is 20.9 Å². The lowest BCUT2D eigenvalue weighted by Gasteiger charge is -2.29. The maximum absolute atomic E-state index is 12.4. The third-order valence-electron chi connectivity index (χ3n) is 5.39. The van der Waals surface area contributed by atoms with Crippen LogP contribution in [0.2, 0.25) is 0 Å². The van der Waals surface area contributed by atoms with E-state index in [1.165, 1.54) is 0 Å². The summed E-state index contributed by atoms with van der Waals surface area (Å²) in [7, 11) is 0. The van der Waals surface area contributed by atoms with Gasteiger partial charge in [-0.1, -0.05) is 30.9 Å². The minimum absolute atomic E-state index is 0.350. The summed E-state index contributed by atoms with van der Waals surface area (Å²) in [4.78, 5) is 38.2. The summed E-state index contributed by atoms with van der Waals surface area (Å²) < 4.78 is 23.7. The number of nitrogens with zero attached hydrogens (tertiary/aromatic N) is 1. The molecule has 2 heterocycles. The van der Waals surface area contributed by atoms with Crippen LogP contribution in [0.1, 0.15) is 27.0 Å². The fourth-order valence-corrected chi connectivity index (χ4v) is 5.97. The molecule has 1 aliphatic rings. The molecule has 1 unspecified atom stereocenters. The first-order chi connectivity index (χ1) is 17.4. The molecule has 0 spiro atoms. The zero-order valence-electron chi connectivity index (χ0n) is 20.5. The Morgan fingerprint density at radius 2 is 2.00 bits per heavy atom. The van der Waals surface area contributed by atoms with Gasteiger partial charge < -0.3 is 28.7 Å². The number of para-hydroxylation sites is 1. The predicted molar refractivity (Wildman–Crippen MR) is 138 cm³/mol. The molecule has 0 bridgehead atoms. The molecular formula is C23H30N3O9PS. The zero-order valence-corrected chi connectivity index (χ0v) is 22.2. The van der Waals surface area contributed by atoms with Crippen LogP contribution in [-0.4, -0.2) is 62.3 Å². The highest BCUT2D eigenvalue weighted by molar-refractivity contribution is 8.09. The quantitative estimate of drug-likeness (QED) is 0.178. The second kappa shape index (κ2) is 11.8. The molecule has 0 saturated carbocycles. The smallest absolute Gasteiger partial charge is 0.330 e. The van der Waals surface area contributed by atoms with Crippen molar-refractivity contribution in [1.29, 1.82) is 0 Å². The fourth-order valence-electron chi connectivity index (χ4n) is 3.55. The average Bonchev–Trinajstić information content (AvgIpc) is 3.08. The molecule has 1 fully saturated rings. The standard InChI is InChI=1S/C23H30N3O9PS/c1-5-23(31)19(28)17(34-21(23)26-12-11-18(27)24-22(26)30)13-32-36(37,35-16-9-7-6-8-10-16)25-15(4)20(29)33-14(2)3/h5-12,14-15,17,19,21,28,31H,1,13H2,2-4H3,(H,25,37)(H,24,27,30)/t15-,17+,19+,21+,23+,36?/m0/s1. The van der Waals surface area contributed by atoms with Crippen LogP contribution in [0.3, 0.4) is 0 Å². The highest BCUT2D eigenvalue weighted by Crippen LogP contribution is 2.47. The van der Waals surface area contributed by atoms with E-state index in [0.717, 1.165) is 22.9 Å². The highest BCUT2D eigenvalue weighted by Gasteiger charge is 2.55. The fraction of sp³-hybridized carbons (Fsp3) is 0.435. The van der Waals surface area contributed by atoms with Crippen molar-refractivity contribution in [3.05, 3.63) is 76.1 Å². The molecule has 3 rings (SSSR count). The lowest BCUT2D eigenvalue weighted by molar-refractivity contribution is -0.149. The van der Waals surface area contributed by atoms with Gasteiger partial charge in [-0.2, -0.15) is 0 Å². The molecule has 6 atom stereocenters. The second-order valence-electron chi connectivity index (χ2n) is 8.61. The Morgan fingerprint density at radius 1 is 1.32 bits per heavy atom. The summed E-state index contributed by atoms with van der Waals surface area (Å²) >= 11 is 5.64. The normalized spacial score (nSPS) is 25.8. The molecule has 4 N–H and O–H groups in total. The molecule has 1 aromatic carbocycles. The minimum atomic E-state index is -3.46. The van der Waals surface area contributed by atoms with Gasteiger partial charge in [0.25, 0.3) is 5.56 Å². The number of aromatic amines is 1. The van der Waals surface area contributed by atoms with Gasteiger partial charge in [-0.25, -0.2) is 9.88 Å². The molecule has 1 aliphatic heterocycles. The molecule has 14 heteroatoms. The number of benzene rings is 1. The van der Waals surface area contributed by atoms with E-state index in [-0.39, 0.29) is 6.10 Å². The van der Waals surface area contributed by atoms with Crippen LogP contribution in [0.5, 0.6) is 5.75 Å². The number of ether oxygens (including phenoxy) is 2. The Morgan fingerprint density at radius 3 is 2.59 bits per heavy atom. The first-order valence-corrected chi connectivity index (χ1v) is 14.0. The number of carbonyl (C=O) groups is 1. The number of esters is 1. The highest BCUT2D eigenvalue weighted by atomic mass is 32.5. The number of H-pyrrole nitrogens is 1. The first kappa shape index (κ1) is 28.9. The van der Waals surface area contributed by atoms with Crippen molar-refractivity contribution < 1.29 is 33.5 Å². The van der Waals surface area contributed by atoms with E-state index in [0.29, 0.717) is 5.75 Å². The van der Waals surface area contributed by atoms with Crippen molar-refractivity contribution in [2.24, 2.45) is 0 Å². The molecule has 2 aromatic rings. The van der Waals surface area contributed by atoms with Crippen LogP contribution >= 0.6 is 6.64 Å². The summed E-state index contributed by atoms with van der Waals surface area (Å²) in [6.07, 6.45) is -2.41. The third-order valence-corrected chi connectivity index (χ3v) is 7.89. The lowest BCUT2D eigenvalue weighted by atomic mass is 9.94. The van der Waals surface area contributed by atoms with Gasteiger partial charge in [0.2, 0.25) is 0 Å². The number of aromatic nitrogens is 2. The van der Waals surface area contributed by atoms with Gasteiger partial charge in [0, 0.05) is 12.3 Å². The summed E-state index contributed by atoms with van der Waals surface area (Å²) in [5.41, 5.74) is -3.61. The van der Waals surface area contributed by atoms with Crippen molar-refractivity contribution >= 4 is 24.4 Å². The molecular weight excluding hydrogens is 525 g/mol. The Balaban J connectivity index is 1.83. The summed E-state index contributed by atoms with van der Waals surface area (Å²) in [5.74, 6) is -0.198. The van der Waals surface area contributed by atoms with E-state index in [1.807, 2.05) is 0 Å². The van der Waals surface area contributed by atoms with Gasteiger partial charge in [-0.3, -0.25) is 19.1 Å². The monoisotopic (exact) mass is 555 g/mol. The number of rotatable bonds is 11. The molecule has 202 valence electrons. The van der Waals surface area contributed by atoms with Gasteiger partial charge in [-0.05, 0) is 44.7 Å². The summed E-state index contributed by atoms with van der Waals surface area (Å²) in [6, 6.07) is 8.71. The third kappa shape index (κ3) is 6.82. The van der Waals surface area contributed by atoms with E-state index in [2.05, 4.69) is 16.7 Å². The largest absolute Gasteiger partial charge is 0.462 e. The number of hydrogen-bond acceptors (Lipinski definition) is 10. The van der Waals surface area contributed by atoms with E-state index in [9.17, 15) is 24.6 Å². The van der Waals surface area contributed by atoms with Crippen molar-refractivity contribution in [3.63, 3.8) is 0 Å². The van der Waals surface area contributed by atoms with Gasteiger partial charge in [0.1, 0.15) is 24.0 Å². The topological polar surface area (TPSA) is 161 Å². The maximum Gasteiger partial charge on any atom is 0.330 e. The molecule has 0 radical (unpaired) electrons. The van der Waals surface area contributed by atoms with Crippen LogP contribution in [0.25, 0.3) is 0 Å². The summed E-state index contributed by atoms with van der Waals surface area (Å²) in [5, 5.41) is 24.8.